The molecule has 1 amide bonds. The van der Waals surface area contributed by atoms with Crippen LogP contribution in [0.4, 0.5) is 10.7 Å². The van der Waals surface area contributed by atoms with Gasteiger partial charge < -0.3 is 19.5 Å². The van der Waals surface area contributed by atoms with Crippen molar-refractivity contribution in [1.29, 1.82) is 0 Å². The van der Waals surface area contributed by atoms with Crippen molar-refractivity contribution in [1.82, 2.24) is 14.5 Å². The Bertz CT molecular complexity index is 1090. The number of amides is 1. The third-order valence-corrected chi connectivity index (χ3v) is 5.91. The average molecular weight is 461 g/mol. The Morgan fingerprint density at radius 2 is 1.87 bits per heavy atom. The van der Waals surface area contributed by atoms with E-state index >= 15 is 0 Å². The number of anilines is 1. The first-order valence-electron chi connectivity index (χ1n) is 10.3. The fraction of sp³-hybridized carbons (Fsp3) is 0.391. The van der Waals surface area contributed by atoms with Gasteiger partial charge in [-0.2, -0.15) is 0 Å². The normalized spacial score (nSPS) is 16.7. The first-order valence-corrected chi connectivity index (χ1v) is 11.1. The summed E-state index contributed by atoms with van der Waals surface area (Å²) in [6, 6.07) is 13.5. The largest absolute Gasteiger partial charge is 0.444 e. The van der Waals surface area contributed by atoms with Crippen molar-refractivity contribution in [2.45, 2.75) is 45.4 Å². The molecule has 4 rings (SSSR count). The summed E-state index contributed by atoms with van der Waals surface area (Å²) in [4.78, 5) is 18.9. The Kier molecular flexibility index (Phi) is 6.04. The number of hydrogen-bond acceptors (Lipinski definition) is 4. The lowest BCUT2D eigenvalue weighted by molar-refractivity contribution is 0.0293. The van der Waals surface area contributed by atoms with Crippen LogP contribution in [0.2, 0.25) is 10.0 Å². The van der Waals surface area contributed by atoms with Crippen LogP contribution in [0.3, 0.4) is 0 Å². The fourth-order valence-corrected chi connectivity index (χ4v) is 4.26. The van der Waals surface area contributed by atoms with E-state index in [2.05, 4.69) is 9.88 Å². The molecule has 0 spiro atoms. The minimum atomic E-state index is -0.509. The molecule has 164 valence electrons. The minimum absolute atomic E-state index is 0.0739. The molecule has 0 bridgehead atoms. The first-order chi connectivity index (χ1) is 14.7. The van der Waals surface area contributed by atoms with Crippen molar-refractivity contribution >= 4 is 46.3 Å². The molecule has 3 aromatic rings. The van der Waals surface area contributed by atoms with Gasteiger partial charge in [-0.05, 0) is 51.5 Å². The number of hydrogen-bond donors (Lipinski definition) is 1. The maximum absolute atomic E-state index is 12.4. The lowest BCUT2D eigenvalue weighted by Crippen LogP contribution is -2.36. The summed E-state index contributed by atoms with van der Waals surface area (Å²) in [6.07, 6.45) is 0.531. The number of nitrogens with zero attached hydrogens (tertiary/aromatic N) is 3. The molecule has 1 aromatic heterocycles. The quantitative estimate of drug-likeness (QED) is 0.533. The Morgan fingerprint density at radius 3 is 2.58 bits per heavy atom. The molecule has 1 saturated heterocycles. The predicted octanol–water partition coefficient (Wildman–Crippen LogP) is 5.81. The van der Waals surface area contributed by atoms with Gasteiger partial charge in [0.2, 0.25) is 5.95 Å². The zero-order valence-electron chi connectivity index (χ0n) is 17.9. The highest BCUT2D eigenvalue weighted by Crippen LogP contribution is 2.29. The summed E-state index contributed by atoms with van der Waals surface area (Å²) in [6.45, 7) is 7.31. The van der Waals surface area contributed by atoms with Gasteiger partial charge in [0.1, 0.15) is 5.60 Å². The number of likely N-dealkylation sites (tertiary alicyclic amines) is 1. The first kappa shape index (κ1) is 21.8. The SMILES string of the molecule is CC(C)(C)OC(=O)N1CC[C@@H](Nc2nc3ccccc3n2Cc2c(Cl)cccc2Cl)C1. The molecule has 1 fully saturated rings. The molecular formula is C23H26Cl2N4O2. The third-order valence-electron chi connectivity index (χ3n) is 5.21. The molecule has 1 aliphatic heterocycles. The molecular weight excluding hydrogens is 435 g/mol. The van der Waals surface area contributed by atoms with Crippen molar-refractivity contribution in [2.75, 3.05) is 18.4 Å². The van der Waals surface area contributed by atoms with Crippen LogP contribution in [0.15, 0.2) is 42.5 Å². The minimum Gasteiger partial charge on any atom is -0.444 e. The molecule has 0 saturated carbocycles. The second-order valence-electron chi connectivity index (χ2n) is 8.77. The van der Waals surface area contributed by atoms with Crippen LogP contribution in [0.5, 0.6) is 0 Å². The van der Waals surface area contributed by atoms with Gasteiger partial charge in [-0.1, -0.05) is 41.4 Å². The topological polar surface area (TPSA) is 59.4 Å². The summed E-state index contributed by atoms with van der Waals surface area (Å²) in [5, 5.41) is 4.76. The molecule has 0 radical (unpaired) electrons. The van der Waals surface area contributed by atoms with Gasteiger partial charge in [-0.15, -0.1) is 0 Å². The highest BCUT2D eigenvalue weighted by atomic mass is 35.5. The van der Waals surface area contributed by atoms with E-state index in [4.69, 9.17) is 32.9 Å². The number of ether oxygens (including phenoxy) is 1. The molecule has 2 aromatic carbocycles. The summed E-state index contributed by atoms with van der Waals surface area (Å²) in [5.74, 6) is 0.730. The smallest absolute Gasteiger partial charge is 0.410 e. The highest BCUT2D eigenvalue weighted by molar-refractivity contribution is 6.36. The van der Waals surface area contributed by atoms with Gasteiger partial charge in [0.15, 0.2) is 0 Å². The standard InChI is InChI=1S/C23H26Cl2N4O2/c1-23(2,3)31-22(30)28-12-11-15(13-28)26-21-27-19-9-4-5-10-20(19)29(21)14-16-17(24)7-6-8-18(16)25/h4-10,15H,11-14H2,1-3H3,(H,26,27)/t15-/m1/s1. The van der Waals surface area contributed by atoms with Crippen LogP contribution in [-0.4, -0.2) is 45.3 Å². The molecule has 31 heavy (non-hydrogen) atoms. The number of para-hydroxylation sites is 2. The van der Waals surface area contributed by atoms with Gasteiger partial charge in [0.25, 0.3) is 0 Å². The van der Waals surface area contributed by atoms with Crippen LogP contribution in [0.25, 0.3) is 11.0 Å². The number of halogens is 2. The average Bonchev–Trinajstić information content (AvgIpc) is 3.29. The van der Waals surface area contributed by atoms with Gasteiger partial charge >= 0.3 is 6.09 Å². The van der Waals surface area contributed by atoms with Crippen LogP contribution in [0.1, 0.15) is 32.8 Å². The zero-order chi connectivity index (χ0) is 22.2. The number of aromatic nitrogens is 2. The molecule has 0 unspecified atom stereocenters. The lowest BCUT2D eigenvalue weighted by Gasteiger charge is -2.24. The van der Waals surface area contributed by atoms with E-state index in [-0.39, 0.29) is 12.1 Å². The molecule has 0 aliphatic carbocycles. The Hall–Kier alpha value is -2.44. The van der Waals surface area contributed by atoms with E-state index < -0.39 is 5.60 Å². The van der Waals surface area contributed by atoms with Crippen molar-refractivity contribution in [3.8, 4) is 0 Å². The summed E-state index contributed by atoms with van der Waals surface area (Å²) in [7, 11) is 0. The number of fused-ring (bicyclic) bond motifs is 1. The number of carbonyl (C=O) groups is 1. The second kappa shape index (κ2) is 8.60. The predicted molar refractivity (Wildman–Crippen MR) is 125 cm³/mol. The number of imidazole rings is 1. The van der Waals surface area contributed by atoms with Crippen LogP contribution in [0, 0.1) is 0 Å². The van der Waals surface area contributed by atoms with E-state index in [9.17, 15) is 4.79 Å². The Labute approximate surface area is 192 Å². The maximum atomic E-state index is 12.4. The fourth-order valence-electron chi connectivity index (χ4n) is 3.74. The zero-order valence-corrected chi connectivity index (χ0v) is 19.4. The van der Waals surface area contributed by atoms with Crippen molar-refractivity contribution in [3.05, 3.63) is 58.1 Å². The molecule has 1 atom stereocenters. The Morgan fingerprint density at radius 1 is 1.16 bits per heavy atom. The van der Waals surface area contributed by atoms with Crippen LogP contribution >= 0.6 is 23.2 Å². The lowest BCUT2D eigenvalue weighted by atomic mass is 10.2. The van der Waals surface area contributed by atoms with Gasteiger partial charge in [0, 0.05) is 34.7 Å². The van der Waals surface area contributed by atoms with E-state index in [1.54, 1.807) is 4.90 Å². The maximum Gasteiger partial charge on any atom is 0.410 e. The Balaban J connectivity index is 1.57. The summed E-state index contributed by atoms with van der Waals surface area (Å²) >= 11 is 12.9. The third kappa shape index (κ3) is 4.91. The van der Waals surface area contributed by atoms with E-state index in [1.807, 2.05) is 63.2 Å². The van der Waals surface area contributed by atoms with Gasteiger partial charge in [-0.25, -0.2) is 9.78 Å². The van der Waals surface area contributed by atoms with Crippen molar-refractivity contribution in [2.24, 2.45) is 0 Å². The van der Waals surface area contributed by atoms with Crippen molar-refractivity contribution < 1.29 is 9.53 Å². The number of benzene rings is 2. The number of rotatable bonds is 4. The van der Waals surface area contributed by atoms with Gasteiger partial charge in [0.05, 0.1) is 17.6 Å². The van der Waals surface area contributed by atoms with E-state index in [0.29, 0.717) is 29.7 Å². The molecule has 1 N–H and O–H groups in total. The van der Waals surface area contributed by atoms with Crippen molar-refractivity contribution in [3.63, 3.8) is 0 Å². The van der Waals surface area contributed by atoms with E-state index in [0.717, 1.165) is 29.0 Å². The van der Waals surface area contributed by atoms with Gasteiger partial charge in [-0.3, -0.25) is 0 Å². The number of nitrogens with one attached hydrogen (secondary N) is 1. The molecule has 8 heteroatoms. The highest BCUT2D eigenvalue weighted by Gasteiger charge is 2.30. The second-order valence-corrected chi connectivity index (χ2v) is 9.58. The van der Waals surface area contributed by atoms with E-state index in [1.165, 1.54) is 0 Å². The molecule has 2 heterocycles. The monoisotopic (exact) mass is 460 g/mol. The number of carbonyl (C=O) groups excluding carboxylic acids is 1. The molecule has 1 aliphatic rings. The van der Waals surface area contributed by atoms with Crippen LogP contribution < -0.4 is 5.32 Å². The van der Waals surface area contributed by atoms with Crippen LogP contribution in [-0.2, 0) is 11.3 Å². The molecule has 6 nitrogen and oxygen atoms in total. The summed E-state index contributed by atoms with van der Waals surface area (Å²) in [5.41, 5.74) is 2.21. The summed E-state index contributed by atoms with van der Waals surface area (Å²) < 4.78 is 7.59.